The van der Waals surface area contributed by atoms with Crippen LogP contribution in [0.15, 0.2) is 0 Å². The Morgan fingerprint density at radius 2 is 1.75 bits per heavy atom. The topological polar surface area (TPSA) is 27.0 Å². The molecule has 46 valence electrons. The van der Waals surface area contributed by atoms with Crippen molar-refractivity contribution < 1.29 is 17.7 Å². The van der Waals surface area contributed by atoms with Gasteiger partial charge in [0.1, 0.15) is 0 Å². The highest BCUT2D eigenvalue weighted by Gasteiger charge is 2.37. The Bertz CT molecular complexity index is 110. The van der Waals surface area contributed by atoms with E-state index in [4.69, 9.17) is 5.26 Å². The lowest BCUT2D eigenvalue weighted by Gasteiger charge is -2.04. The first kappa shape index (κ1) is 7.01. The quantitative estimate of drug-likeness (QED) is 0.161. The third-order valence-corrected chi connectivity index (χ3v) is 0.310. The second-order valence-electron chi connectivity index (χ2n) is 0.849. The summed E-state index contributed by atoms with van der Waals surface area (Å²) in [5.41, 5.74) is 0. The second kappa shape index (κ2) is 1.86. The van der Waals surface area contributed by atoms with E-state index in [2.05, 4.69) is 0 Å². The highest BCUT2D eigenvalue weighted by molar-refractivity contribution is 4.64. The Kier molecular flexibility index (Phi) is 1.63. The van der Waals surface area contributed by atoms with Crippen molar-refractivity contribution >= 4 is 0 Å². The van der Waals surface area contributed by atoms with Gasteiger partial charge in [-0.25, -0.2) is 0 Å². The van der Waals surface area contributed by atoms with Gasteiger partial charge in [0, 0.05) is 0 Å². The van der Waals surface area contributed by atoms with E-state index in [0.29, 0.717) is 0 Å². The molecule has 8 heavy (non-hydrogen) atoms. The molecule has 0 aromatic rings. The average Bonchev–Trinajstić information content (AvgIpc) is 1.62. The second-order valence-corrected chi connectivity index (χ2v) is 0.849. The predicted molar refractivity (Wildman–Crippen MR) is 14.6 cm³/mol. The van der Waals surface area contributed by atoms with Crippen LogP contribution in [0, 0.1) is 11.5 Å². The first-order chi connectivity index (χ1) is 3.48. The van der Waals surface area contributed by atoms with Crippen LogP contribution in [-0.2, 0) is 0 Å². The van der Waals surface area contributed by atoms with Crippen molar-refractivity contribution in [2.45, 2.75) is 6.30 Å². The lowest BCUT2D eigenvalue weighted by molar-refractivity contribution is -0.284. The first-order valence-corrected chi connectivity index (χ1v) is 1.41. The summed E-state index contributed by atoms with van der Waals surface area (Å²) in [6.45, 7) is 0. The molecule has 0 aliphatic carbocycles. The van der Waals surface area contributed by atoms with E-state index in [9.17, 15) is 17.7 Å². The van der Waals surface area contributed by atoms with Crippen molar-refractivity contribution in [2.75, 3.05) is 0 Å². The van der Waals surface area contributed by atoms with E-state index in [-0.39, 0.29) is 6.19 Å². The van der Waals surface area contributed by atoms with Gasteiger partial charge in [-0.3, -0.25) is 0 Å². The minimum absolute atomic E-state index is 0.247. The number of rotatable bonds is 0. The van der Waals surface area contributed by atoms with Gasteiger partial charge in [-0.1, -0.05) is 4.48 Å². The Balaban J connectivity index is 3.87. The van der Waals surface area contributed by atoms with Gasteiger partial charge in [0.2, 0.25) is 6.19 Å². The molecule has 0 aliphatic heterocycles. The number of nitriles is 1. The maximum Gasteiger partial charge on any atom is 0.521 e. The van der Waals surface area contributed by atoms with E-state index in [0.717, 1.165) is 0 Å². The van der Waals surface area contributed by atoms with E-state index < -0.39 is 11.4 Å². The molecule has 0 aromatic carbocycles. The SMILES string of the molecule is N#CN(F)C(F)(F)F. The summed E-state index contributed by atoms with van der Waals surface area (Å²) in [6, 6.07) is 0. The van der Waals surface area contributed by atoms with Crippen LogP contribution >= 0.6 is 0 Å². The zero-order valence-corrected chi connectivity index (χ0v) is 3.41. The van der Waals surface area contributed by atoms with Crippen molar-refractivity contribution in [1.29, 1.82) is 5.26 Å². The summed E-state index contributed by atoms with van der Waals surface area (Å²) < 4.78 is 43.3. The summed E-state index contributed by atoms with van der Waals surface area (Å²) in [5.74, 6) is 0. The molecule has 0 saturated carbocycles. The van der Waals surface area contributed by atoms with Crippen molar-refractivity contribution in [3.8, 4) is 6.19 Å². The minimum atomic E-state index is -5.19. The minimum Gasteiger partial charge on any atom is -0.170 e. The average molecular weight is 128 g/mol. The molecular weight excluding hydrogens is 128 g/mol. The third kappa shape index (κ3) is 1.64. The van der Waals surface area contributed by atoms with Crippen molar-refractivity contribution in [2.24, 2.45) is 0 Å². The molecule has 0 saturated heterocycles. The van der Waals surface area contributed by atoms with Crippen LogP contribution in [0.5, 0.6) is 0 Å². The van der Waals surface area contributed by atoms with Crippen LogP contribution in [-0.4, -0.2) is 11.4 Å². The largest absolute Gasteiger partial charge is 0.521 e. The molecule has 6 heteroatoms. The molecule has 0 amide bonds. The number of nitrogens with zero attached hydrogens (tertiary/aromatic N) is 2. The van der Waals surface area contributed by atoms with Crippen molar-refractivity contribution in [1.82, 2.24) is 5.12 Å². The first-order valence-electron chi connectivity index (χ1n) is 1.41. The smallest absolute Gasteiger partial charge is 0.170 e. The van der Waals surface area contributed by atoms with Gasteiger partial charge in [-0.15, -0.1) is 13.2 Å². The molecule has 0 N–H and O–H groups in total. The Labute approximate surface area is 41.9 Å². The van der Waals surface area contributed by atoms with Crippen LogP contribution < -0.4 is 0 Å². The van der Waals surface area contributed by atoms with Crippen LogP contribution in [0.4, 0.5) is 17.7 Å². The van der Waals surface area contributed by atoms with Gasteiger partial charge in [-0.2, -0.15) is 5.26 Å². The van der Waals surface area contributed by atoms with E-state index in [1.807, 2.05) is 0 Å². The van der Waals surface area contributed by atoms with Crippen LogP contribution in [0.2, 0.25) is 0 Å². The fourth-order valence-electron chi connectivity index (χ4n) is 0.0567. The number of halogens is 4. The Morgan fingerprint density at radius 3 is 1.75 bits per heavy atom. The van der Waals surface area contributed by atoms with E-state index in [1.54, 1.807) is 0 Å². The normalized spacial score (nSPS) is 10.4. The molecule has 0 fully saturated rings. The summed E-state index contributed by atoms with van der Waals surface area (Å²) >= 11 is 0. The Morgan fingerprint density at radius 1 is 1.38 bits per heavy atom. The standard InChI is InChI=1S/C2F4N2/c3-2(4,5)8(6)1-7. The third-order valence-electron chi connectivity index (χ3n) is 0.310. The Hall–Kier alpha value is -0.990. The molecule has 0 aromatic heterocycles. The highest BCUT2D eigenvalue weighted by Crippen LogP contribution is 2.19. The molecular formula is C2F4N2. The molecule has 0 radical (unpaired) electrons. The van der Waals surface area contributed by atoms with Crippen LogP contribution in [0.3, 0.4) is 0 Å². The molecule has 0 atom stereocenters. The molecule has 0 spiro atoms. The molecule has 0 rings (SSSR count). The summed E-state index contributed by atoms with van der Waals surface area (Å²) in [7, 11) is 0. The predicted octanol–water partition coefficient (Wildman–Crippen LogP) is 1.17. The number of alkyl halides is 3. The molecule has 0 heterocycles. The highest BCUT2D eigenvalue weighted by atomic mass is 19.4. The zero-order chi connectivity index (χ0) is 6.78. The van der Waals surface area contributed by atoms with E-state index >= 15 is 0 Å². The van der Waals surface area contributed by atoms with Crippen molar-refractivity contribution in [3.63, 3.8) is 0 Å². The lowest BCUT2D eigenvalue weighted by atomic mass is 11.0. The fraction of sp³-hybridized carbons (Fsp3) is 0.500. The van der Waals surface area contributed by atoms with Crippen LogP contribution in [0.1, 0.15) is 0 Å². The number of hydrogen-bond acceptors (Lipinski definition) is 2. The maximum atomic E-state index is 11.0. The van der Waals surface area contributed by atoms with Gasteiger partial charge >= 0.3 is 6.30 Å². The lowest BCUT2D eigenvalue weighted by Crippen LogP contribution is -2.25. The molecule has 0 bridgehead atoms. The van der Waals surface area contributed by atoms with Gasteiger partial charge in [0.05, 0.1) is 0 Å². The molecule has 0 unspecified atom stereocenters. The monoisotopic (exact) mass is 128 g/mol. The van der Waals surface area contributed by atoms with Crippen LogP contribution in [0.25, 0.3) is 0 Å². The number of hydrogen-bond donors (Lipinski definition) is 0. The van der Waals surface area contributed by atoms with E-state index in [1.165, 1.54) is 0 Å². The maximum absolute atomic E-state index is 11.0. The zero-order valence-electron chi connectivity index (χ0n) is 3.41. The van der Waals surface area contributed by atoms with Gasteiger partial charge < -0.3 is 0 Å². The summed E-state index contributed by atoms with van der Waals surface area (Å²) in [4.78, 5) is 0. The van der Waals surface area contributed by atoms with Gasteiger partial charge in [-0.05, 0) is 5.12 Å². The van der Waals surface area contributed by atoms with Crippen molar-refractivity contribution in [3.05, 3.63) is 0 Å². The molecule has 0 aliphatic rings. The van der Waals surface area contributed by atoms with Gasteiger partial charge in [0.25, 0.3) is 0 Å². The summed E-state index contributed by atoms with van der Waals surface area (Å²) in [5, 5.41) is 5.37. The molecule has 2 nitrogen and oxygen atoms in total. The fourth-order valence-corrected chi connectivity index (χ4v) is 0.0567. The van der Waals surface area contributed by atoms with Gasteiger partial charge in [0.15, 0.2) is 0 Å². The summed E-state index contributed by atoms with van der Waals surface area (Å²) in [6.07, 6.45) is -4.94.